The summed E-state index contributed by atoms with van der Waals surface area (Å²) in [5.41, 5.74) is 0. The van der Waals surface area contributed by atoms with Gasteiger partial charge < -0.3 is 34.3 Å². The first-order valence-corrected chi connectivity index (χ1v) is 6.74. The van der Waals surface area contributed by atoms with Crippen LogP contribution in [0.1, 0.15) is 27.7 Å². The fourth-order valence-electron chi connectivity index (χ4n) is 2.28. The topological polar surface area (TPSA) is 149 Å². The summed E-state index contributed by atoms with van der Waals surface area (Å²) in [6.45, 7) is 3.92. The third kappa shape index (κ3) is 3.78. The van der Waals surface area contributed by atoms with Crippen molar-refractivity contribution in [3.63, 3.8) is 0 Å². The van der Waals surface area contributed by atoms with E-state index in [4.69, 9.17) is 14.2 Å². The van der Waals surface area contributed by atoms with Crippen molar-refractivity contribution in [2.45, 2.75) is 51.7 Å². The summed E-state index contributed by atoms with van der Waals surface area (Å²) in [6, 6.07) is 0. The minimum Gasteiger partial charge on any atom is -0.433 e. The van der Waals surface area contributed by atoms with Crippen molar-refractivity contribution in [2.24, 2.45) is 5.92 Å². The maximum Gasteiger partial charge on any atom is 0.310 e. The molecule has 1 unspecified atom stereocenters. The van der Waals surface area contributed by atoms with Crippen molar-refractivity contribution < 1.29 is 48.7 Å². The van der Waals surface area contributed by atoms with E-state index in [2.05, 4.69) is 4.74 Å². The van der Waals surface area contributed by atoms with Crippen molar-refractivity contribution in [3.05, 3.63) is 0 Å². The molecule has 1 fully saturated rings. The maximum absolute atomic E-state index is 11.3. The minimum absolute atomic E-state index is 0.295. The van der Waals surface area contributed by atoms with Crippen LogP contribution in [0.4, 0.5) is 0 Å². The van der Waals surface area contributed by atoms with Crippen LogP contribution in [0.5, 0.6) is 0 Å². The SMILES string of the molecule is CC(=O)OC(O)[C@H]1OC[C@H](C)[C@](O)(OC(C)=O)[C@]1(O)OC(C)=O. The van der Waals surface area contributed by atoms with E-state index in [1.165, 1.54) is 6.92 Å². The molecule has 23 heavy (non-hydrogen) atoms. The van der Waals surface area contributed by atoms with Crippen LogP contribution >= 0.6 is 0 Å². The number of ether oxygens (including phenoxy) is 4. The zero-order valence-corrected chi connectivity index (χ0v) is 13.1. The molecule has 1 heterocycles. The number of aliphatic hydroxyl groups is 3. The van der Waals surface area contributed by atoms with Crippen LogP contribution in [0.3, 0.4) is 0 Å². The molecule has 1 aliphatic rings. The van der Waals surface area contributed by atoms with Gasteiger partial charge in [0.25, 0.3) is 5.79 Å². The lowest BCUT2D eigenvalue weighted by Crippen LogP contribution is -2.74. The van der Waals surface area contributed by atoms with E-state index in [1.807, 2.05) is 0 Å². The molecular formula is C13H20O10. The second kappa shape index (κ2) is 6.79. The van der Waals surface area contributed by atoms with Gasteiger partial charge in [0.1, 0.15) is 0 Å². The standard InChI is InChI=1S/C13H20O10/c1-6-5-20-10(11(17)21-7(2)14)13(19,23-9(4)16)12(6,18)22-8(3)15/h6,10-11,17-19H,5H2,1-4H3/t6-,10+,11?,12-,13+/m0/s1. The zero-order chi connectivity index (χ0) is 18.0. The quantitative estimate of drug-likeness (QED) is 0.311. The molecule has 0 radical (unpaired) electrons. The Morgan fingerprint density at radius 2 is 1.52 bits per heavy atom. The minimum atomic E-state index is -3.00. The first kappa shape index (κ1) is 19.3. The van der Waals surface area contributed by atoms with Crippen molar-refractivity contribution in [3.8, 4) is 0 Å². The molecule has 0 aromatic heterocycles. The van der Waals surface area contributed by atoms with Gasteiger partial charge in [0.2, 0.25) is 6.29 Å². The van der Waals surface area contributed by atoms with E-state index in [0.717, 1.165) is 20.8 Å². The number of rotatable bonds is 4. The van der Waals surface area contributed by atoms with E-state index in [9.17, 15) is 29.7 Å². The van der Waals surface area contributed by atoms with Crippen LogP contribution in [-0.2, 0) is 33.3 Å². The Morgan fingerprint density at radius 3 is 1.96 bits per heavy atom. The molecule has 3 N–H and O–H groups in total. The molecule has 0 spiro atoms. The summed E-state index contributed by atoms with van der Waals surface area (Å²) in [6.07, 6.45) is -4.00. The molecule has 0 saturated carbocycles. The smallest absolute Gasteiger partial charge is 0.310 e. The monoisotopic (exact) mass is 336 g/mol. The Hall–Kier alpha value is -1.75. The Kier molecular flexibility index (Phi) is 5.69. The normalized spacial score (nSPS) is 35.1. The lowest BCUT2D eigenvalue weighted by molar-refractivity contribution is -0.443. The van der Waals surface area contributed by atoms with Crippen molar-refractivity contribution >= 4 is 17.9 Å². The van der Waals surface area contributed by atoms with Gasteiger partial charge in [-0.1, -0.05) is 6.92 Å². The van der Waals surface area contributed by atoms with Gasteiger partial charge in [-0.2, -0.15) is 0 Å². The summed E-state index contributed by atoms with van der Waals surface area (Å²) >= 11 is 0. The second-order valence-electron chi connectivity index (χ2n) is 5.24. The summed E-state index contributed by atoms with van der Waals surface area (Å²) in [7, 11) is 0. The molecule has 10 heteroatoms. The van der Waals surface area contributed by atoms with E-state index in [-0.39, 0.29) is 6.61 Å². The van der Waals surface area contributed by atoms with Crippen LogP contribution in [0.15, 0.2) is 0 Å². The first-order valence-electron chi connectivity index (χ1n) is 6.74. The molecule has 0 amide bonds. The van der Waals surface area contributed by atoms with Gasteiger partial charge in [-0.25, -0.2) is 0 Å². The number of aliphatic hydroxyl groups excluding tert-OH is 1. The zero-order valence-electron chi connectivity index (χ0n) is 13.1. The third-order valence-electron chi connectivity index (χ3n) is 3.24. The predicted molar refractivity (Wildman–Crippen MR) is 70.1 cm³/mol. The molecule has 0 aromatic carbocycles. The molecule has 0 aliphatic carbocycles. The van der Waals surface area contributed by atoms with Gasteiger partial charge in [0, 0.05) is 20.8 Å². The van der Waals surface area contributed by atoms with Crippen LogP contribution in [0.2, 0.25) is 0 Å². The van der Waals surface area contributed by atoms with E-state index >= 15 is 0 Å². The van der Waals surface area contributed by atoms with Gasteiger partial charge in [-0.3, -0.25) is 14.4 Å². The number of esters is 3. The van der Waals surface area contributed by atoms with E-state index in [0.29, 0.717) is 0 Å². The number of hydrogen-bond acceptors (Lipinski definition) is 10. The maximum atomic E-state index is 11.3. The van der Waals surface area contributed by atoms with Gasteiger partial charge in [0.05, 0.1) is 12.5 Å². The van der Waals surface area contributed by atoms with E-state index in [1.54, 1.807) is 0 Å². The van der Waals surface area contributed by atoms with E-state index < -0.39 is 47.8 Å². The van der Waals surface area contributed by atoms with Crippen molar-refractivity contribution in [2.75, 3.05) is 6.61 Å². The molecule has 1 rings (SSSR count). The summed E-state index contributed by atoms with van der Waals surface area (Å²) < 4.78 is 19.1. The molecule has 1 saturated heterocycles. The first-order chi connectivity index (χ1) is 10.4. The summed E-state index contributed by atoms with van der Waals surface area (Å²) in [4.78, 5) is 33.5. The van der Waals surface area contributed by atoms with Gasteiger partial charge in [0.15, 0.2) is 6.10 Å². The lowest BCUT2D eigenvalue weighted by Gasteiger charge is -2.51. The molecule has 0 aromatic rings. The van der Waals surface area contributed by atoms with Gasteiger partial charge in [-0.15, -0.1) is 0 Å². The highest BCUT2D eigenvalue weighted by molar-refractivity contribution is 5.68. The van der Waals surface area contributed by atoms with Crippen LogP contribution in [0, 0.1) is 5.92 Å². The highest BCUT2D eigenvalue weighted by Crippen LogP contribution is 2.42. The average molecular weight is 336 g/mol. The molecular weight excluding hydrogens is 316 g/mol. The third-order valence-corrected chi connectivity index (χ3v) is 3.24. The number of carbonyl (C=O) groups is 3. The Labute approximate surface area is 131 Å². The Balaban J connectivity index is 3.32. The highest BCUT2D eigenvalue weighted by Gasteiger charge is 2.69. The Morgan fingerprint density at radius 1 is 1.04 bits per heavy atom. The Bertz CT molecular complexity index is 491. The van der Waals surface area contributed by atoms with Gasteiger partial charge >= 0.3 is 23.7 Å². The van der Waals surface area contributed by atoms with Crippen LogP contribution in [-0.4, -0.2) is 63.8 Å². The van der Waals surface area contributed by atoms with Crippen molar-refractivity contribution in [1.29, 1.82) is 0 Å². The summed E-state index contributed by atoms with van der Waals surface area (Å²) in [5, 5.41) is 31.2. The van der Waals surface area contributed by atoms with Crippen LogP contribution in [0.25, 0.3) is 0 Å². The number of hydrogen-bond donors (Lipinski definition) is 3. The van der Waals surface area contributed by atoms with Crippen LogP contribution < -0.4 is 0 Å². The lowest BCUT2D eigenvalue weighted by atomic mass is 9.85. The molecule has 5 atom stereocenters. The molecule has 0 bridgehead atoms. The fraction of sp³-hybridized carbons (Fsp3) is 0.769. The summed E-state index contributed by atoms with van der Waals surface area (Å²) in [5.74, 6) is -9.72. The predicted octanol–water partition coefficient (Wildman–Crippen LogP) is -1.59. The number of carbonyl (C=O) groups excluding carboxylic acids is 3. The highest BCUT2D eigenvalue weighted by atomic mass is 16.8. The average Bonchev–Trinajstić information content (AvgIpc) is 2.34. The van der Waals surface area contributed by atoms with Gasteiger partial charge in [-0.05, 0) is 0 Å². The second-order valence-corrected chi connectivity index (χ2v) is 5.24. The largest absolute Gasteiger partial charge is 0.433 e. The van der Waals surface area contributed by atoms with Crippen molar-refractivity contribution in [1.82, 2.24) is 0 Å². The molecule has 132 valence electrons. The fourth-order valence-corrected chi connectivity index (χ4v) is 2.28. The molecule has 1 aliphatic heterocycles. The molecule has 10 nitrogen and oxygen atoms in total.